The van der Waals surface area contributed by atoms with Gasteiger partial charge in [-0.25, -0.2) is 0 Å². The molecule has 1 unspecified atom stereocenters. The van der Waals surface area contributed by atoms with Crippen molar-refractivity contribution in [2.24, 2.45) is 0 Å². The number of aliphatic hydroxyl groups is 1. The van der Waals surface area contributed by atoms with Gasteiger partial charge in [0.2, 0.25) is 6.29 Å². The number of allylic oxidation sites excluding steroid dienone is 1. The number of benzene rings is 2. The minimum atomic E-state index is -1.14. The molecule has 0 saturated heterocycles. The first-order valence-electron chi connectivity index (χ1n) is 16.7. The van der Waals surface area contributed by atoms with Gasteiger partial charge in [-0.15, -0.1) is 0 Å². The molecule has 0 aliphatic heterocycles. The fourth-order valence-electron chi connectivity index (χ4n) is 5.28. The third kappa shape index (κ3) is 16.6. The number of nitrogens with two attached hydrogens (primary N) is 1. The zero-order valence-electron chi connectivity index (χ0n) is 26.2. The Balaban J connectivity index is 1.43. The maximum atomic E-state index is 12.2. The number of carbonyl (C=O) groups is 1. The first-order chi connectivity index (χ1) is 20.5. The second kappa shape index (κ2) is 22.8. The van der Waals surface area contributed by atoms with E-state index in [1.807, 2.05) is 12.1 Å². The van der Waals surface area contributed by atoms with Crippen molar-refractivity contribution in [1.29, 1.82) is 0 Å². The molecular weight excluding hydrogens is 522 g/mol. The number of aromatic hydroxyl groups is 1. The second-order valence-corrected chi connectivity index (χ2v) is 11.7. The number of nitrogen functional groups attached to an aromatic ring is 1. The summed E-state index contributed by atoms with van der Waals surface area (Å²) in [6, 6.07) is 12.2. The highest BCUT2D eigenvalue weighted by Crippen LogP contribution is 2.22. The van der Waals surface area contributed by atoms with Crippen molar-refractivity contribution in [2.45, 2.75) is 142 Å². The predicted octanol–water partition coefficient (Wildman–Crippen LogP) is 10.1. The minimum Gasteiger partial charge on any atom is -0.506 e. The third-order valence-corrected chi connectivity index (χ3v) is 7.95. The topological polar surface area (TPSA) is 92.8 Å². The van der Waals surface area contributed by atoms with Crippen molar-refractivity contribution < 1.29 is 19.7 Å². The van der Waals surface area contributed by atoms with Crippen LogP contribution < -0.4 is 10.5 Å². The van der Waals surface area contributed by atoms with E-state index in [9.17, 15) is 15.0 Å². The number of aliphatic hydroxyl groups excluding tert-OH is 1. The van der Waals surface area contributed by atoms with Crippen LogP contribution in [0.2, 0.25) is 0 Å². The van der Waals surface area contributed by atoms with Gasteiger partial charge in [0.15, 0.2) is 5.78 Å². The van der Waals surface area contributed by atoms with E-state index in [4.69, 9.17) is 10.5 Å². The maximum absolute atomic E-state index is 12.2. The summed E-state index contributed by atoms with van der Waals surface area (Å²) < 4.78 is 5.54. The van der Waals surface area contributed by atoms with Gasteiger partial charge >= 0.3 is 0 Å². The molecule has 0 heterocycles. The van der Waals surface area contributed by atoms with E-state index in [-0.39, 0.29) is 23.6 Å². The van der Waals surface area contributed by atoms with Gasteiger partial charge in [-0.3, -0.25) is 4.79 Å². The first-order valence-corrected chi connectivity index (χ1v) is 16.7. The molecule has 0 saturated carbocycles. The highest BCUT2D eigenvalue weighted by molar-refractivity contribution is 5.98. The monoisotopic (exact) mass is 579 g/mol. The summed E-state index contributed by atoms with van der Waals surface area (Å²) in [5.41, 5.74) is 7.50. The lowest BCUT2D eigenvalue weighted by atomic mass is 10.0. The first kappa shape index (κ1) is 35.4. The SMILES string of the molecule is CCCCCCCCCCCCCCCCCCCCc1ccc(OC(O)C=CCC(=O)c2ccc(O)c(N)c2)cc1. The number of ether oxygens (including phenoxy) is 1. The van der Waals surface area contributed by atoms with Gasteiger partial charge in [-0.1, -0.05) is 134 Å². The molecule has 4 N–H and O–H groups in total. The van der Waals surface area contributed by atoms with Gasteiger partial charge < -0.3 is 20.7 Å². The fourth-order valence-corrected chi connectivity index (χ4v) is 5.28. The molecule has 5 heteroatoms. The number of ketones is 1. The van der Waals surface area contributed by atoms with Gasteiger partial charge in [0.1, 0.15) is 11.5 Å². The van der Waals surface area contributed by atoms with Crippen molar-refractivity contribution in [1.82, 2.24) is 0 Å². The minimum absolute atomic E-state index is 0.0488. The van der Waals surface area contributed by atoms with Crippen LogP contribution in [0.25, 0.3) is 0 Å². The number of aryl methyl sites for hydroxylation is 1. The largest absolute Gasteiger partial charge is 0.506 e. The van der Waals surface area contributed by atoms with Crippen molar-refractivity contribution in [3.63, 3.8) is 0 Å². The lowest BCUT2D eigenvalue weighted by molar-refractivity contribution is 0.0246. The highest BCUT2D eigenvalue weighted by Gasteiger charge is 2.08. The number of phenolic OH excluding ortho intramolecular Hbond substituents is 1. The Labute approximate surface area is 255 Å². The zero-order valence-corrected chi connectivity index (χ0v) is 26.2. The van der Waals surface area contributed by atoms with Crippen LogP contribution in [0.15, 0.2) is 54.6 Å². The molecule has 0 amide bonds. The van der Waals surface area contributed by atoms with Crippen LogP contribution in [0.1, 0.15) is 145 Å². The van der Waals surface area contributed by atoms with Crippen LogP contribution in [0.5, 0.6) is 11.5 Å². The van der Waals surface area contributed by atoms with Crippen LogP contribution in [0.3, 0.4) is 0 Å². The zero-order chi connectivity index (χ0) is 30.3. The summed E-state index contributed by atoms with van der Waals surface area (Å²) in [7, 11) is 0. The molecule has 0 fully saturated rings. The summed E-state index contributed by atoms with van der Waals surface area (Å²) in [5, 5.41) is 19.6. The average molecular weight is 580 g/mol. The van der Waals surface area contributed by atoms with Gasteiger partial charge in [-0.05, 0) is 54.8 Å². The summed E-state index contributed by atoms with van der Waals surface area (Å²) in [5.74, 6) is 0.382. The number of carbonyl (C=O) groups excluding carboxylic acids is 1. The Kier molecular flexibility index (Phi) is 19.2. The highest BCUT2D eigenvalue weighted by atomic mass is 16.6. The second-order valence-electron chi connectivity index (χ2n) is 11.7. The van der Waals surface area contributed by atoms with E-state index in [0.717, 1.165) is 6.42 Å². The number of phenols is 1. The molecule has 0 spiro atoms. The molecule has 0 aliphatic rings. The van der Waals surface area contributed by atoms with E-state index in [1.54, 1.807) is 6.08 Å². The molecule has 5 nitrogen and oxygen atoms in total. The van der Waals surface area contributed by atoms with E-state index >= 15 is 0 Å². The quantitative estimate of drug-likeness (QED) is 0.0272. The van der Waals surface area contributed by atoms with E-state index < -0.39 is 6.29 Å². The Bertz CT molecular complexity index is 1000. The molecule has 0 radical (unpaired) electrons. The summed E-state index contributed by atoms with van der Waals surface area (Å²) in [6.45, 7) is 2.28. The Hall–Kier alpha value is -2.79. The number of Topliss-reactive ketones (excluding diaryl/α,β-unsaturated/α-hetero) is 1. The molecule has 0 aromatic heterocycles. The molecule has 0 aliphatic carbocycles. The Morgan fingerprint density at radius 3 is 1.76 bits per heavy atom. The lowest BCUT2D eigenvalue weighted by Crippen LogP contribution is -2.12. The molecule has 2 aromatic rings. The Morgan fingerprint density at radius 2 is 1.26 bits per heavy atom. The summed E-state index contributed by atoms with van der Waals surface area (Å²) in [4.78, 5) is 12.2. The molecule has 234 valence electrons. The van der Waals surface area contributed by atoms with Crippen molar-refractivity contribution in [3.8, 4) is 11.5 Å². The molecule has 42 heavy (non-hydrogen) atoms. The molecule has 2 rings (SSSR count). The van der Waals surface area contributed by atoms with Crippen LogP contribution in [0, 0.1) is 0 Å². The van der Waals surface area contributed by atoms with E-state index in [1.165, 1.54) is 145 Å². The number of rotatable bonds is 25. The molecular formula is C37H57NO4. The lowest BCUT2D eigenvalue weighted by Gasteiger charge is -2.10. The van der Waals surface area contributed by atoms with Crippen LogP contribution in [-0.4, -0.2) is 22.3 Å². The Morgan fingerprint density at radius 1 is 0.762 bits per heavy atom. The standard InChI is InChI=1S/C37H57NO4/c1-2-3-4-5-6-7-8-9-10-11-12-13-14-15-16-17-18-19-21-31-24-27-33(28-25-31)42-37(41)23-20-22-35(39)32-26-29-36(40)34(38)30-32/h20,23-30,37,40-41H,2-19,21-22,38H2,1H3. The predicted molar refractivity (Wildman–Crippen MR) is 176 cm³/mol. The van der Waals surface area contributed by atoms with Crippen molar-refractivity contribution in [3.05, 3.63) is 65.7 Å². The third-order valence-electron chi connectivity index (χ3n) is 7.95. The van der Waals surface area contributed by atoms with Crippen molar-refractivity contribution >= 4 is 11.5 Å². The smallest absolute Gasteiger partial charge is 0.217 e. The number of hydrogen-bond donors (Lipinski definition) is 3. The average Bonchev–Trinajstić information content (AvgIpc) is 2.98. The van der Waals surface area contributed by atoms with Gasteiger partial charge in [0.05, 0.1) is 5.69 Å². The number of hydrogen-bond acceptors (Lipinski definition) is 5. The van der Waals surface area contributed by atoms with Gasteiger partial charge in [0.25, 0.3) is 0 Å². The number of unbranched alkanes of at least 4 members (excludes halogenated alkanes) is 17. The molecule has 1 atom stereocenters. The van der Waals surface area contributed by atoms with Crippen LogP contribution >= 0.6 is 0 Å². The van der Waals surface area contributed by atoms with E-state index in [0.29, 0.717) is 11.3 Å². The normalized spacial score (nSPS) is 12.1. The van der Waals surface area contributed by atoms with Gasteiger partial charge in [0, 0.05) is 12.0 Å². The van der Waals surface area contributed by atoms with E-state index in [2.05, 4.69) is 19.1 Å². The molecule has 2 aromatic carbocycles. The number of anilines is 1. The summed E-state index contributed by atoms with van der Waals surface area (Å²) in [6.07, 6.45) is 28.0. The van der Waals surface area contributed by atoms with Gasteiger partial charge in [-0.2, -0.15) is 0 Å². The van der Waals surface area contributed by atoms with Crippen LogP contribution in [0.4, 0.5) is 5.69 Å². The van der Waals surface area contributed by atoms with Crippen LogP contribution in [-0.2, 0) is 6.42 Å². The maximum Gasteiger partial charge on any atom is 0.217 e. The fraction of sp³-hybridized carbons (Fsp3) is 0.595. The van der Waals surface area contributed by atoms with Crippen molar-refractivity contribution in [2.75, 3.05) is 5.73 Å². The molecule has 0 bridgehead atoms. The summed E-state index contributed by atoms with van der Waals surface area (Å²) >= 11 is 0.